The van der Waals surface area contributed by atoms with Crippen molar-refractivity contribution in [1.82, 2.24) is 0 Å². The van der Waals surface area contributed by atoms with E-state index < -0.39 is 6.10 Å². The SMILES string of the molecule is C=C(C(SC)=C(C)C)C(O)/C=C/CCC. The molecule has 0 heterocycles. The van der Waals surface area contributed by atoms with E-state index in [1.165, 1.54) is 5.57 Å². The largest absolute Gasteiger partial charge is 0.384 e. The topological polar surface area (TPSA) is 20.2 Å². The molecule has 1 N–H and O–H groups in total. The predicted molar refractivity (Wildman–Crippen MR) is 71.1 cm³/mol. The minimum Gasteiger partial charge on any atom is -0.384 e. The standard InChI is InChI=1S/C13H22OS/c1-6-7-8-9-12(14)11(4)13(15-5)10(2)3/h8-9,12,14H,4,6-7H2,1-3,5H3/b9-8+. The van der Waals surface area contributed by atoms with Crippen LogP contribution in [0.1, 0.15) is 33.6 Å². The van der Waals surface area contributed by atoms with Gasteiger partial charge in [-0.3, -0.25) is 0 Å². The Kier molecular flexibility index (Phi) is 7.53. The van der Waals surface area contributed by atoms with Crippen molar-refractivity contribution in [2.24, 2.45) is 0 Å². The average molecular weight is 226 g/mol. The Bertz CT molecular complexity index is 260. The average Bonchev–Trinajstić information content (AvgIpc) is 2.18. The van der Waals surface area contributed by atoms with Crippen LogP contribution < -0.4 is 0 Å². The number of unbranched alkanes of at least 4 members (excludes halogenated alkanes) is 1. The Morgan fingerprint density at radius 3 is 2.47 bits per heavy atom. The van der Waals surface area contributed by atoms with Gasteiger partial charge in [0.2, 0.25) is 0 Å². The van der Waals surface area contributed by atoms with Gasteiger partial charge in [0.1, 0.15) is 0 Å². The summed E-state index contributed by atoms with van der Waals surface area (Å²) in [5.41, 5.74) is 2.00. The van der Waals surface area contributed by atoms with Crippen LogP contribution in [0.25, 0.3) is 0 Å². The van der Waals surface area contributed by atoms with Crippen molar-refractivity contribution in [2.45, 2.75) is 39.7 Å². The van der Waals surface area contributed by atoms with Gasteiger partial charge < -0.3 is 5.11 Å². The van der Waals surface area contributed by atoms with E-state index in [-0.39, 0.29) is 0 Å². The van der Waals surface area contributed by atoms with E-state index in [2.05, 4.69) is 13.5 Å². The van der Waals surface area contributed by atoms with Crippen LogP contribution in [-0.4, -0.2) is 17.5 Å². The van der Waals surface area contributed by atoms with Crippen molar-refractivity contribution in [2.75, 3.05) is 6.26 Å². The van der Waals surface area contributed by atoms with Crippen LogP contribution in [0.3, 0.4) is 0 Å². The molecule has 0 aromatic rings. The third-order valence-electron chi connectivity index (χ3n) is 2.08. The first kappa shape index (κ1) is 14.5. The summed E-state index contributed by atoms with van der Waals surface area (Å²) in [5.74, 6) is 0. The third-order valence-corrected chi connectivity index (χ3v) is 3.16. The highest BCUT2D eigenvalue weighted by Crippen LogP contribution is 2.26. The fraction of sp³-hybridized carbons (Fsp3) is 0.538. The van der Waals surface area contributed by atoms with Gasteiger partial charge in [-0.15, -0.1) is 11.8 Å². The van der Waals surface area contributed by atoms with Crippen molar-refractivity contribution >= 4 is 11.8 Å². The second-order valence-corrected chi connectivity index (χ2v) is 4.54. The molecule has 0 saturated carbocycles. The molecule has 0 aliphatic carbocycles. The summed E-state index contributed by atoms with van der Waals surface area (Å²) in [6.07, 6.45) is 7.41. The lowest BCUT2D eigenvalue weighted by molar-refractivity contribution is 0.262. The van der Waals surface area contributed by atoms with Crippen LogP contribution in [0, 0.1) is 0 Å². The van der Waals surface area contributed by atoms with E-state index in [1.54, 1.807) is 11.8 Å². The molecule has 0 fully saturated rings. The van der Waals surface area contributed by atoms with Gasteiger partial charge in [-0.2, -0.15) is 0 Å². The predicted octanol–water partition coefficient (Wildman–Crippen LogP) is 3.92. The van der Waals surface area contributed by atoms with Crippen molar-refractivity contribution in [3.8, 4) is 0 Å². The molecule has 0 aliphatic heterocycles. The normalized spacial score (nSPS) is 12.9. The number of hydrogen-bond acceptors (Lipinski definition) is 2. The Morgan fingerprint density at radius 2 is 2.07 bits per heavy atom. The fourth-order valence-corrected chi connectivity index (χ4v) is 2.09. The molecule has 1 atom stereocenters. The van der Waals surface area contributed by atoms with Gasteiger partial charge in [0.25, 0.3) is 0 Å². The molecule has 0 aliphatic rings. The van der Waals surface area contributed by atoms with Gasteiger partial charge in [-0.1, -0.05) is 37.6 Å². The molecule has 0 bridgehead atoms. The second-order valence-electron chi connectivity index (χ2n) is 3.72. The summed E-state index contributed by atoms with van der Waals surface area (Å²) in [4.78, 5) is 1.10. The van der Waals surface area contributed by atoms with Crippen molar-refractivity contribution in [1.29, 1.82) is 0 Å². The number of allylic oxidation sites excluding steroid dienone is 2. The Balaban J connectivity index is 4.50. The monoisotopic (exact) mass is 226 g/mol. The zero-order chi connectivity index (χ0) is 11.8. The third kappa shape index (κ3) is 5.24. The van der Waals surface area contributed by atoms with Crippen LogP contribution in [0.2, 0.25) is 0 Å². The maximum atomic E-state index is 9.86. The maximum absolute atomic E-state index is 9.86. The van der Waals surface area contributed by atoms with E-state index in [0.717, 1.165) is 23.3 Å². The molecule has 0 spiro atoms. The van der Waals surface area contributed by atoms with Gasteiger partial charge in [0.05, 0.1) is 6.10 Å². The van der Waals surface area contributed by atoms with Crippen molar-refractivity contribution in [3.63, 3.8) is 0 Å². The highest BCUT2D eigenvalue weighted by atomic mass is 32.2. The molecular formula is C13H22OS. The van der Waals surface area contributed by atoms with E-state index in [9.17, 15) is 5.11 Å². The molecule has 0 saturated heterocycles. The lowest BCUT2D eigenvalue weighted by atomic mass is 10.1. The highest BCUT2D eigenvalue weighted by molar-refractivity contribution is 8.02. The molecule has 0 aromatic heterocycles. The zero-order valence-electron chi connectivity index (χ0n) is 10.2. The fourth-order valence-electron chi connectivity index (χ4n) is 1.30. The molecule has 0 radical (unpaired) electrons. The van der Waals surface area contributed by atoms with Gasteiger partial charge in [0, 0.05) is 4.91 Å². The summed E-state index contributed by atoms with van der Waals surface area (Å²) in [6.45, 7) is 10.1. The highest BCUT2D eigenvalue weighted by Gasteiger charge is 2.10. The van der Waals surface area contributed by atoms with E-state index in [1.807, 2.05) is 32.3 Å². The number of hydrogen-bond donors (Lipinski definition) is 1. The molecule has 1 unspecified atom stereocenters. The van der Waals surface area contributed by atoms with Gasteiger partial charge in [-0.25, -0.2) is 0 Å². The number of thioether (sulfide) groups is 1. The first-order chi connectivity index (χ1) is 7.04. The van der Waals surface area contributed by atoms with Crippen LogP contribution in [0.15, 0.2) is 34.8 Å². The number of rotatable bonds is 6. The van der Waals surface area contributed by atoms with Crippen molar-refractivity contribution < 1.29 is 5.11 Å². The van der Waals surface area contributed by atoms with Crippen LogP contribution in [0.4, 0.5) is 0 Å². The first-order valence-electron chi connectivity index (χ1n) is 5.29. The zero-order valence-corrected chi connectivity index (χ0v) is 11.0. The minimum atomic E-state index is -0.547. The molecule has 2 heteroatoms. The molecule has 86 valence electrons. The van der Waals surface area contributed by atoms with E-state index in [0.29, 0.717) is 0 Å². The lowest BCUT2D eigenvalue weighted by Crippen LogP contribution is -2.07. The summed E-state index contributed by atoms with van der Waals surface area (Å²) in [5, 5.41) is 9.86. The Morgan fingerprint density at radius 1 is 1.47 bits per heavy atom. The van der Waals surface area contributed by atoms with Gasteiger partial charge in [-0.05, 0) is 32.1 Å². The maximum Gasteiger partial charge on any atom is 0.0976 e. The Labute approximate surface area is 98.0 Å². The molecule has 15 heavy (non-hydrogen) atoms. The smallest absolute Gasteiger partial charge is 0.0976 e. The first-order valence-corrected chi connectivity index (χ1v) is 6.52. The van der Waals surface area contributed by atoms with E-state index in [4.69, 9.17) is 0 Å². The quantitative estimate of drug-likeness (QED) is 0.547. The van der Waals surface area contributed by atoms with Crippen molar-refractivity contribution in [3.05, 3.63) is 34.8 Å². The van der Waals surface area contributed by atoms with Crippen LogP contribution in [0.5, 0.6) is 0 Å². The number of aliphatic hydroxyl groups is 1. The van der Waals surface area contributed by atoms with Crippen LogP contribution in [-0.2, 0) is 0 Å². The van der Waals surface area contributed by atoms with E-state index >= 15 is 0 Å². The molecule has 0 rings (SSSR count). The lowest BCUT2D eigenvalue weighted by Gasteiger charge is -2.13. The summed E-state index contributed by atoms with van der Waals surface area (Å²) in [6, 6.07) is 0. The van der Waals surface area contributed by atoms with Crippen LogP contribution >= 0.6 is 11.8 Å². The second kappa shape index (κ2) is 7.77. The number of aliphatic hydroxyl groups excluding tert-OH is 1. The summed E-state index contributed by atoms with van der Waals surface area (Å²) in [7, 11) is 0. The van der Waals surface area contributed by atoms with Gasteiger partial charge in [0.15, 0.2) is 0 Å². The Hall–Kier alpha value is -0.470. The van der Waals surface area contributed by atoms with Gasteiger partial charge >= 0.3 is 0 Å². The summed E-state index contributed by atoms with van der Waals surface area (Å²) < 4.78 is 0. The summed E-state index contributed by atoms with van der Waals surface area (Å²) >= 11 is 1.64. The molecule has 1 nitrogen and oxygen atoms in total. The molecule has 0 aromatic carbocycles. The molecular weight excluding hydrogens is 204 g/mol. The molecule has 0 amide bonds. The minimum absolute atomic E-state index is 0.547.